The van der Waals surface area contributed by atoms with Gasteiger partial charge in [0, 0.05) is 15.4 Å². The van der Waals surface area contributed by atoms with Crippen LogP contribution in [0.4, 0.5) is 0 Å². The standard InChI is InChI=1S/C16H15BrCl2/c1-11-5-2-3-6-13(11)12(10-17)9-14-15(18)7-4-8-16(14)19/h2-8,12H,9-10H2,1H3. The molecule has 0 radical (unpaired) electrons. The van der Waals surface area contributed by atoms with Gasteiger partial charge in [0.15, 0.2) is 0 Å². The average Bonchev–Trinajstić information content (AvgIpc) is 2.40. The molecule has 1 unspecified atom stereocenters. The quantitative estimate of drug-likeness (QED) is 0.586. The van der Waals surface area contributed by atoms with Crippen molar-refractivity contribution in [2.45, 2.75) is 19.3 Å². The second kappa shape index (κ2) is 6.78. The van der Waals surface area contributed by atoms with Gasteiger partial charge in [-0.3, -0.25) is 0 Å². The predicted octanol–water partition coefficient (Wildman–Crippen LogP) is 6.02. The molecule has 2 aromatic carbocycles. The van der Waals surface area contributed by atoms with Crippen molar-refractivity contribution in [1.29, 1.82) is 0 Å². The maximum Gasteiger partial charge on any atom is 0.0453 e. The highest BCUT2D eigenvalue weighted by atomic mass is 79.9. The minimum atomic E-state index is 0.374. The molecule has 0 aliphatic carbocycles. The van der Waals surface area contributed by atoms with Gasteiger partial charge < -0.3 is 0 Å². The van der Waals surface area contributed by atoms with Crippen molar-refractivity contribution in [2.75, 3.05) is 5.33 Å². The summed E-state index contributed by atoms with van der Waals surface area (Å²) < 4.78 is 0. The van der Waals surface area contributed by atoms with Crippen LogP contribution in [0, 0.1) is 6.92 Å². The van der Waals surface area contributed by atoms with Gasteiger partial charge in [0.05, 0.1) is 0 Å². The van der Waals surface area contributed by atoms with Crippen LogP contribution in [-0.4, -0.2) is 5.33 Å². The Labute approximate surface area is 132 Å². The van der Waals surface area contributed by atoms with Crippen molar-refractivity contribution in [2.24, 2.45) is 0 Å². The van der Waals surface area contributed by atoms with Gasteiger partial charge >= 0.3 is 0 Å². The molecule has 0 aromatic heterocycles. The molecule has 0 N–H and O–H groups in total. The second-order valence-electron chi connectivity index (χ2n) is 4.61. The van der Waals surface area contributed by atoms with Gasteiger partial charge in [-0.25, -0.2) is 0 Å². The van der Waals surface area contributed by atoms with Crippen LogP contribution < -0.4 is 0 Å². The van der Waals surface area contributed by atoms with Crippen LogP contribution in [0.5, 0.6) is 0 Å². The summed E-state index contributed by atoms with van der Waals surface area (Å²) in [5, 5.41) is 2.37. The molecule has 1 atom stereocenters. The van der Waals surface area contributed by atoms with E-state index in [0.29, 0.717) is 5.92 Å². The van der Waals surface area contributed by atoms with E-state index in [1.54, 1.807) is 0 Å². The molecule has 0 saturated carbocycles. The molecule has 0 aliphatic rings. The van der Waals surface area contributed by atoms with E-state index in [0.717, 1.165) is 27.4 Å². The van der Waals surface area contributed by atoms with Crippen LogP contribution in [0.25, 0.3) is 0 Å². The average molecular weight is 358 g/mol. The van der Waals surface area contributed by atoms with Crippen molar-refractivity contribution in [3.05, 3.63) is 69.2 Å². The lowest BCUT2D eigenvalue weighted by Crippen LogP contribution is -2.07. The normalized spacial score (nSPS) is 12.4. The fourth-order valence-corrected chi connectivity index (χ4v) is 3.40. The first-order chi connectivity index (χ1) is 9.13. The number of hydrogen-bond donors (Lipinski definition) is 0. The van der Waals surface area contributed by atoms with Crippen molar-refractivity contribution in [3.63, 3.8) is 0 Å². The van der Waals surface area contributed by atoms with Crippen molar-refractivity contribution < 1.29 is 0 Å². The molecular weight excluding hydrogens is 343 g/mol. The van der Waals surface area contributed by atoms with Gasteiger partial charge in [-0.05, 0) is 48.1 Å². The Hall–Kier alpha value is -0.500. The lowest BCUT2D eigenvalue weighted by atomic mass is 9.91. The Morgan fingerprint density at radius 1 is 1.00 bits per heavy atom. The third-order valence-corrected chi connectivity index (χ3v) is 4.82. The van der Waals surface area contributed by atoms with Crippen LogP contribution in [0.1, 0.15) is 22.6 Å². The van der Waals surface area contributed by atoms with Crippen LogP contribution in [0.3, 0.4) is 0 Å². The lowest BCUT2D eigenvalue weighted by Gasteiger charge is -2.18. The number of hydrogen-bond acceptors (Lipinski definition) is 0. The molecule has 0 fully saturated rings. The number of halogens is 3. The molecule has 19 heavy (non-hydrogen) atoms. The Morgan fingerprint density at radius 2 is 1.63 bits per heavy atom. The monoisotopic (exact) mass is 356 g/mol. The topological polar surface area (TPSA) is 0 Å². The van der Waals surface area contributed by atoms with Gasteiger partial charge in [0.2, 0.25) is 0 Å². The summed E-state index contributed by atoms with van der Waals surface area (Å²) in [6.07, 6.45) is 0.842. The summed E-state index contributed by atoms with van der Waals surface area (Å²) in [6.45, 7) is 2.14. The van der Waals surface area contributed by atoms with E-state index in [1.807, 2.05) is 18.2 Å². The number of rotatable bonds is 4. The van der Waals surface area contributed by atoms with Crippen molar-refractivity contribution in [3.8, 4) is 0 Å². The molecule has 2 rings (SSSR count). The zero-order chi connectivity index (χ0) is 13.8. The molecule has 2 aromatic rings. The van der Waals surface area contributed by atoms with Crippen LogP contribution >= 0.6 is 39.1 Å². The van der Waals surface area contributed by atoms with E-state index >= 15 is 0 Å². The molecular formula is C16H15BrCl2. The fourth-order valence-electron chi connectivity index (χ4n) is 2.27. The van der Waals surface area contributed by atoms with Gasteiger partial charge in [-0.2, -0.15) is 0 Å². The Kier molecular flexibility index (Phi) is 5.32. The van der Waals surface area contributed by atoms with E-state index in [-0.39, 0.29) is 0 Å². The van der Waals surface area contributed by atoms with Crippen LogP contribution in [0.15, 0.2) is 42.5 Å². The molecule has 0 bridgehead atoms. The molecule has 0 heterocycles. The molecule has 0 saturated heterocycles. The van der Waals surface area contributed by atoms with E-state index in [9.17, 15) is 0 Å². The van der Waals surface area contributed by atoms with E-state index in [2.05, 4.69) is 47.1 Å². The second-order valence-corrected chi connectivity index (χ2v) is 6.07. The maximum absolute atomic E-state index is 6.26. The molecule has 100 valence electrons. The van der Waals surface area contributed by atoms with Gasteiger partial charge in [-0.1, -0.05) is 69.5 Å². The first kappa shape index (κ1) is 14.9. The molecule has 0 amide bonds. The molecule has 0 nitrogen and oxygen atoms in total. The summed E-state index contributed by atoms with van der Waals surface area (Å²) in [5.74, 6) is 0.374. The van der Waals surface area contributed by atoms with E-state index in [1.165, 1.54) is 11.1 Å². The van der Waals surface area contributed by atoms with Crippen molar-refractivity contribution >= 4 is 39.1 Å². The highest BCUT2D eigenvalue weighted by Crippen LogP contribution is 2.32. The highest BCUT2D eigenvalue weighted by molar-refractivity contribution is 9.09. The first-order valence-corrected chi connectivity index (χ1v) is 8.05. The fraction of sp³-hybridized carbons (Fsp3) is 0.250. The summed E-state index contributed by atoms with van der Waals surface area (Å²) in [4.78, 5) is 0. The Balaban J connectivity index is 2.32. The van der Waals surface area contributed by atoms with E-state index < -0.39 is 0 Å². The van der Waals surface area contributed by atoms with Gasteiger partial charge in [0.25, 0.3) is 0 Å². The predicted molar refractivity (Wildman–Crippen MR) is 87.9 cm³/mol. The highest BCUT2D eigenvalue weighted by Gasteiger charge is 2.16. The third-order valence-electron chi connectivity index (χ3n) is 3.33. The largest absolute Gasteiger partial charge is 0.0921 e. The van der Waals surface area contributed by atoms with Gasteiger partial charge in [0.1, 0.15) is 0 Å². The number of alkyl halides is 1. The summed E-state index contributed by atoms with van der Waals surface area (Å²) in [7, 11) is 0. The number of benzene rings is 2. The summed E-state index contributed by atoms with van der Waals surface area (Å²) in [6, 6.07) is 14.1. The molecule has 0 aliphatic heterocycles. The SMILES string of the molecule is Cc1ccccc1C(CBr)Cc1c(Cl)cccc1Cl. The Bertz CT molecular complexity index is 546. The zero-order valence-electron chi connectivity index (χ0n) is 10.7. The van der Waals surface area contributed by atoms with Crippen LogP contribution in [-0.2, 0) is 6.42 Å². The summed E-state index contributed by atoms with van der Waals surface area (Å²) >= 11 is 16.1. The van der Waals surface area contributed by atoms with Gasteiger partial charge in [-0.15, -0.1) is 0 Å². The Morgan fingerprint density at radius 3 is 2.21 bits per heavy atom. The zero-order valence-corrected chi connectivity index (χ0v) is 13.8. The molecule has 3 heteroatoms. The number of aryl methyl sites for hydroxylation is 1. The van der Waals surface area contributed by atoms with E-state index in [4.69, 9.17) is 23.2 Å². The lowest BCUT2D eigenvalue weighted by molar-refractivity contribution is 0.769. The third kappa shape index (κ3) is 3.53. The molecule has 0 spiro atoms. The van der Waals surface area contributed by atoms with Crippen LogP contribution in [0.2, 0.25) is 10.0 Å². The van der Waals surface area contributed by atoms with Crippen molar-refractivity contribution in [1.82, 2.24) is 0 Å². The minimum Gasteiger partial charge on any atom is -0.0921 e. The summed E-state index contributed by atoms with van der Waals surface area (Å²) in [5.41, 5.74) is 3.67. The first-order valence-electron chi connectivity index (χ1n) is 6.18. The smallest absolute Gasteiger partial charge is 0.0453 e. The maximum atomic E-state index is 6.26. The minimum absolute atomic E-state index is 0.374.